The van der Waals surface area contributed by atoms with Crippen LogP contribution in [0.2, 0.25) is 0 Å². The summed E-state index contributed by atoms with van der Waals surface area (Å²) in [4.78, 5) is 26.0. The van der Waals surface area contributed by atoms with Crippen LogP contribution in [-0.2, 0) is 4.74 Å². The lowest BCUT2D eigenvalue weighted by Gasteiger charge is -2.10. The Hall–Kier alpha value is -3.18. The van der Waals surface area contributed by atoms with Crippen LogP contribution in [0.25, 0.3) is 32.7 Å². The molecule has 0 aliphatic heterocycles. The second-order valence-corrected chi connectivity index (χ2v) is 6.78. The van der Waals surface area contributed by atoms with E-state index in [9.17, 15) is 9.59 Å². The van der Waals surface area contributed by atoms with Gasteiger partial charge < -0.3 is 9.15 Å². The Morgan fingerprint density at radius 2 is 2.00 bits per heavy atom. The zero-order valence-corrected chi connectivity index (χ0v) is 15.3. The summed E-state index contributed by atoms with van der Waals surface area (Å²) in [5, 5.41) is 2.43. The van der Waals surface area contributed by atoms with Gasteiger partial charge in [-0.1, -0.05) is 24.3 Å². The molecule has 2 aromatic heterocycles. The van der Waals surface area contributed by atoms with Gasteiger partial charge in [0, 0.05) is 0 Å². The standard InChI is InChI=1S/C22H15O4S/c1-2-25-22(24)15-11-9-14(10-12-15)19-20(23)16-6-3-4-7-17(16)26-21(19)18-8-5-13-27-18/h3,5-13H,2H2,1H3. The fraction of sp³-hybridized carbons (Fsp3) is 0.0909. The Morgan fingerprint density at radius 3 is 2.70 bits per heavy atom. The molecule has 0 saturated carbocycles. The van der Waals surface area contributed by atoms with Gasteiger partial charge in [0.25, 0.3) is 0 Å². The van der Waals surface area contributed by atoms with Crippen LogP contribution in [0.1, 0.15) is 17.3 Å². The van der Waals surface area contributed by atoms with E-state index in [1.54, 1.807) is 49.4 Å². The number of esters is 1. The summed E-state index contributed by atoms with van der Waals surface area (Å²) in [5.74, 6) is 0.134. The number of hydrogen-bond acceptors (Lipinski definition) is 5. The third kappa shape index (κ3) is 3.17. The first kappa shape index (κ1) is 17.2. The summed E-state index contributed by atoms with van der Waals surface area (Å²) in [7, 11) is 0. The fourth-order valence-corrected chi connectivity index (χ4v) is 3.63. The smallest absolute Gasteiger partial charge is 0.338 e. The van der Waals surface area contributed by atoms with Gasteiger partial charge in [-0.05, 0) is 54.3 Å². The number of benzene rings is 2. The highest BCUT2D eigenvalue weighted by Gasteiger charge is 2.19. The Bertz CT molecular complexity index is 1160. The second-order valence-electron chi connectivity index (χ2n) is 5.83. The SMILES string of the molecule is CCOC(=O)c1ccc(-c2c(-c3cccs3)oc3c[c]ccc3c2=O)cc1. The first-order valence-electron chi connectivity index (χ1n) is 8.47. The molecule has 0 bridgehead atoms. The summed E-state index contributed by atoms with van der Waals surface area (Å²) in [6.45, 7) is 2.08. The summed E-state index contributed by atoms with van der Waals surface area (Å²) < 4.78 is 11.1. The molecule has 0 fully saturated rings. The third-order valence-corrected chi connectivity index (χ3v) is 5.04. The highest BCUT2D eigenvalue weighted by molar-refractivity contribution is 7.13. The lowest BCUT2D eigenvalue weighted by molar-refractivity contribution is 0.0526. The summed E-state index contributed by atoms with van der Waals surface area (Å²) in [6, 6.07) is 18.7. The van der Waals surface area contributed by atoms with E-state index in [0.29, 0.717) is 40.0 Å². The molecule has 4 aromatic rings. The minimum Gasteiger partial charge on any atom is -0.462 e. The van der Waals surface area contributed by atoms with Crippen molar-refractivity contribution in [3.63, 3.8) is 0 Å². The van der Waals surface area contributed by atoms with Crippen LogP contribution in [0.15, 0.2) is 69.2 Å². The molecular formula is C22H15O4S. The zero-order valence-electron chi connectivity index (χ0n) is 14.5. The molecule has 1 radical (unpaired) electrons. The number of carbonyl (C=O) groups is 1. The molecule has 0 atom stereocenters. The van der Waals surface area contributed by atoms with Crippen LogP contribution in [0.3, 0.4) is 0 Å². The van der Waals surface area contributed by atoms with Crippen LogP contribution >= 0.6 is 11.3 Å². The number of carbonyl (C=O) groups excluding carboxylic acids is 1. The minimum absolute atomic E-state index is 0.113. The van der Waals surface area contributed by atoms with Crippen molar-refractivity contribution in [2.24, 2.45) is 0 Å². The number of fused-ring (bicyclic) bond motifs is 1. The third-order valence-electron chi connectivity index (χ3n) is 4.17. The van der Waals surface area contributed by atoms with Gasteiger partial charge in [0.1, 0.15) is 5.58 Å². The molecular weight excluding hydrogens is 360 g/mol. The number of ether oxygens (including phenoxy) is 1. The largest absolute Gasteiger partial charge is 0.462 e. The second kappa shape index (κ2) is 7.21. The van der Waals surface area contributed by atoms with Gasteiger partial charge in [-0.2, -0.15) is 0 Å². The van der Waals surface area contributed by atoms with Crippen LogP contribution in [0, 0.1) is 6.07 Å². The van der Waals surface area contributed by atoms with Crippen molar-refractivity contribution < 1.29 is 13.9 Å². The topological polar surface area (TPSA) is 56.5 Å². The van der Waals surface area contributed by atoms with Crippen molar-refractivity contribution in [1.29, 1.82) is 0 Å². The highest BCUT2D eigenvalue weighted by Crippen LogP contribution is 2.35. The maximum absolute atomic E-state index is 13.2. The molecule has 0 unspecified atom stereocenters. The molecule has 0 aliphatic rings. The van der Waals surface area contributed by atoms with Crippen molar-refractivity contribution in [3.05, 3.63) is 81.8 Å². The van der Waals surface area contributed by atoms with Crippen molar-refractivity contribution in [1.82, 2.24) is 0 Å². The van der Waals surface area contributed by atoms with E-state index < -0.39 is 0 Å². The molecule has 133 valence electrons. The molecule has 2 heterocycles. The molecule has 2 aromatic carbocycles. The molecule has 0 amide bonds. The van der Waals surface area contributed by atoms with Crippen LogP contribution in [0.4, 0.5) is 0 Å². The fourth-order valence-electron chi connectivity index (χ4n) is 2.92. The number of thiophene rings is 1. The molecule has 5 heteroatoms. The minimum atomic E-state index is -0.386. The Balaban J connectivity index is 1.92. The summed E-state index contributed by atoms with van der Waals surface area (Å²) in [6.07, 6.45) is 0. The van der Waals surface area contributed by atoms with Gasteiger partial charge in [0.2, 0.25) is 5.43 Å². The van der Waals surface area contributed by atoms with E-state index in [0.717, 1.165) is 4.88 Å². The Labute approximate surface area is 159 Å². The van der Waals surface area contributed by atoms with Gasteiger partial charge in [-0.3, -0.25) is 4.79 Å². The van der Waals surface area contributed by atoms with Gasteiger partial charge in [0.15, 0.2) is 5.76 Å². The number of rotatable bonds is 4. The predicted molar refractivity (Wildman–Crippen MR) is 106 cm³/mol. The predicted octanol–water partition coefficient (Wildman–Crippen LogP) is 5.17. The lowest BCUT2D eigenvalue weighted by atomic mass is 10.00. The van der Waals surface area contributed by atoms with Crippen molar-refractivity contribution >= 4 is 28.3 Å². The number of hydrogen-bond donors (Lipinski definition) is 0. The van der Waals surface area contributed by atoms with Gasteiger partial charge in [-0.25, -0.2) is 4.79 Å². The molecule has 4 rings (SSSR count). The van der Waals surface area contributed by atoms with Gasteiger partial charge in [-0.15, -0.1) is 11.3 Å². The molecule has 0 N–H and O–H groups in total. The average molecular weight is 375 g/mol. The van der Waals surface area contributed by atoms with E-state index in [2.05, 4.69) is 6.07 Å². The normalized spacial score (nSPS) is 10.9. The Morgan fingerprint density at radius 1 is 1.19 bits per heavy atom. The van der Waals surface area contributed by atoms with Gasteiger partial charge in [0.05, 0.1) is 28.0 Å². The van der Waals surface area contributed by atoms with E-state index in [1.807, 2.05) is 17.5 Å². The highest BCUT2D eigenvalue weighted by atomic mass is 32.1. The van der Waals surface area contributed by atoms with E-state index in [-0.39, 0.29) is 11.4 Å². The molecule has 4 nitrogen and oxygen atoms in total. The molecule has 0 saturated heterocycles. The van der Waals surface area contributed by atoms with Crippen LogP contribution in [0.5, 0.6) is 0 Å². The molecule has 0 aliphatic carbocycles. The maximum atomic E-state index is 13.2. The quantitative estimate of drug-likeness (QED) is 0.462. The van der Waals surface area contributed by atoms with Crippen molar-refractivity contribution in [2.45, 2.75) is 6.92 Å². The van der Waals surface area contributed by atoms with E-state index in [4.69, 9.17) is 9.15 Å². The van der Waals surface area contributed by atoms with E-state index >= 15 is 0 Å². The maximum Gasteiger partial charge on any atom is 0.338 e. The zero-order chi connectivity index (χ0) is 18.8. The van der Waals surface area contributed by atoms with Crippen LogP contribution in [-0.4, -0.2) is 12.6 Å². The van der Waals surface area contributed by atoms with Gasteiger partial charge >= 0.3 is 5.97 Å². The van der Waals surface area contributed by atoms with Crippen LogP contribution < -0.4 is 5.43 Å². The van der Waals surface area contributed by atoms with Crippen molar-refractivity contribution in [2.75, 3.05) is 6.61 Å². The average Bonchev–Trinajstić information content (AvgIpc) is 3.23. The lowest BCUT2D eigenvalue weighted by Crippen LogP contribution is -2.08. The summed E-state index contributed by atoms with van der Waals surface area (Å²) >= 11 is 1.50. The van der Waals surface area contributed by atoms with E-state index in [1.165, 1.54) is 11.3 Å². The molecule has 27 heavy (non-hydrogen) atoms. The first-order chi connectivity index (χ1) is 13.2. The first-order valence-corrected chi connectivity index (χ1v) is 9.35. The Kier molecular flexibility index (Phi) is 4.60. The monoisotopic (exact) mass is 375 g/mol. The summed E-state index contributed by atoms with van der Waals surface area (Å²) in [5.41, 5.74) is 2.00. The van der Waals surface area contributed by atoms with Crippen molar-refractivity contribution in [3.8, 4) is 21.8 Å². The molecule has 0 spiro atoms.